The van der Waals surface area contributed by atoms with Crippen LogP contribution in [0, 0.1) is 16.9 Å². The highest BCUT2D eigenvalue weighted by molar-refractivity contribution is 9.10. The first-order valence-corrected chi connectivity index (χ1v) is 12.0. The number of rotatable bonds is 7. The lowest BCUT2D eigenvalue weighted by Crippen LogP contribution is -2.51. The van der Waals surface area contributed by atoms with Gasteiger partial charge in [-0.1, -0.05) is 35.6 Å². The van der Waals surface area contributed by atoms with E-state index < -0.39 is 36.2 Å². The van der Waals surface area contributed by atoms with E-state index in [1.807, 2.05) is 0 Å². The second-order valence-corrected chi connectivity index (χ2v) is 11.8. The topological polar surface area (TPSA) is 78.9 Å². The average molecular weight is 421 g/mol. The predicted octanol–water partition coefficient (Wildman–Crippen LogP) is 2.31. The summed E-state index contributed by atoms with van der Waals surface area (Å²) in [5.41, 5.74) is 1.31. The SMILES string of the molecule is CCOC(=O)C(Br)C(CCC#C[Si](C)(C)C)(C(=O)OC)C(=O)OC. The molecule has 1 atom stereocenters. The van der Waals surface area contributed by atoms with E-state index in [2.05, 4.69) is 47.0 Å². The highest BCUT2D eigenvalue weighted by Crippen LogP contribution is 2.37. The smallest absolute Gasteiger partial charge is 0.325 e. The minimum Gasteiger partial charge on any atom is -0.468 e. The molecule has 6 nitrogen and oxygen atoms in total. The summed E-state index contributed by atoms with van der Waals surface area (Å²) in [5.74, 6) is 0.533. The maximum atomic E-state index is 12.4. The molecule has 0 spiro atoms. The second kappa shape index (κ2) is 9.84. The van der Waals surface area contributed by atoms with Crippen molar-refractivity contribution in [1.82, 2.24) is 0 Å². The first-order chi connectivity index (χ1) is 11.1. The Morgan fingerprint density at radius 2 is 1.62 bits per heavy atom. The highest BCUT2D eigenvalue weighted by Gasteiger charge is 2.56. The quantitative estimate of drug-likeness (QED) is 0.157. The summed E-state index contributed by atoms with van der Waals surface area (Å²) in [6.45, 7) is 8.00. The van der Waals surface area contributed by atoms with E-state index in [1.165, 1.54) is 0 Å². The van der Waals surface area contributed by atoms with Crippen LogP contribution in [0.2, 0.25) is 19.6 Å². The molecule has 0 N–H and O–H groups in total. The van der Waals surface area contributed by atoms with E-state index >= 15 is 0 Å². The lowest BCUT2D eigenvalue weighted by atomic mass is 9.79. The van der Waals surface area contributed by atoms with Gasteiger partial charge in [0, 0.05) is 6.42 Å². The van der Waals surface area contributed by atoms with Gasteiger partial charge in [0.2, 0.25) is 0 Å². The molecule has 24 heavy (non-hydrogen) atoms. The van der Waals surface area contributed by atoms with Crippen molar-refractivity contribution in [2.75, 3.05) is 20.8 Å². The molecule has 0 rings (SSSR count). The third-order valence-corrected chi connectivity index (χ3v) is 5.22. The molecule has 0 saturated heterocycles. The Labute approximate surface area is 152 Å². The molecular weight excluding hydrogens is 396 g/mol. The summed E-state index contributed by atoms with van der Waals surface area (Å²) >= 11 is 3.13. The van der Waals surface area contributed by atoms with E-state index in [9.17, 15) is 14.4 Å². The molecule has 0 fully saturated rings. The lowest BCUT2D eigenvalue weighted by Gasteiger charge is -2.30. The van der Waals surface area contributed by atoms with Crippen LogP contribution in [-0.2, 0) is 28.6 Å². The molecular formula is C16H25BrO6Si. The number of esters is 3. The van der Waals surface area contributed by atoms with Crippen molar-refractivity contribution in [2.45, 2.75) is 44.2 Å². The monoisotopic (exact) mass is 420 g/mol. The fourth-order valence-electron chi connectivity index (χ4n) is 1.99. The zero-order chi connectivity index (χ0) is 19.0. The van der Waals surface area contributed by atoms with Crippen LogP contribution >= 0.6 is 15.9 Å². The van der Waals surface area contributed by atoms with Crippen LogP contribution in [0.5, 0.6) is 0 Å². The van der Waals surface area contributed by atoms with E-state index in [0.29, 0.717) is 0 Å². The third-order valence-electron chi connectivity index (χ3n) is 3.13. The van der Waals surface area contributed by atoms with Gasteiger partial charge in [0.05, 0.1) is 20.8 Å². The molecule has 0 aromatic heterocycles. The Morgan fingerprint density at radius 1 is 1.12 bits per heavy atom. The Kier molecular flexibility index (Phi) is 9.29. The van der Waals surface area contributed by atoms with Gasteiger partial charge in [0.25, 0.3) is 0 Å². The van der Waals surface area contributed by atoms with Crippen LogP contribution in [0.4, 0.5) is 0 Å². The van der Waals surface area contributed by atoms with Crippen molar-refractivity contribution in [1.29, 1.82) is 0 Å². The molecule has 0 aliphatic rings. The Bertz CT molecular complexity index is 513. The first kappa shape index (κ1) is 22.7. The van der Waals surface area contributed by atoms with Gasteiger partial charge in [0.1, 0.15) is 12.9 Å². The number of carbonyl (C=O) groups is 3. The maximum absolute atomic E-state index is 12.4. The van der Waals surface area contributed by atoms with Gasteiger partial charge in [0.15, 0.2) is 5.41 Å². The van der Waals surface area contributed by atoms with E-state index in [-0.39, 0.29) is 19.4 Å². The minimum atomic E-state index is -1.84. The van der Waals surface area contributed by atoms with E-state index in [1.54, 1.807) is 6.92 Å². The fourth-order valence-corrected chi connectivity index (χ4v) is 3.38. The number of ether oxygens (including phenoxy) is 3. The van der Waals surface area contributed by atoms with Gasteiger partial charge in [-0.05, 0) is 13.3 Å². The molecule has 8 heteroatoms. The van der Waals surface area contributed by atoms with Crippen molar-refractivity contribution in [3.05, 3.63) is 0 Å². The lowest BCUT2D eigenvalue weighted by molar-refractivity contribution is -0.173. The summed E-state index contributed by atoms with van der Waals surface area (Å²) in [4.78, 5) is 35.6. The molecule has 0 aromatic rings. The number of methoxy groups -OCH3 is 2. The average Bonchev–Trinajstić information content (AvgIpc) is 2.52. The molecule has 0 aliphatic carbocycles. The summed E-state index contributed by atoms with van der Waals surface area (Å²) in [7, 11) is 0.720. The van der Waals surface area contributed by atoms with Crippen LogP contribution in [0.15, 0.2) is 0 Å². The fraction of sp³-hybridized carbons (Fsp3) is 0.688. The molecule has 0 aromatic carbocycles. The number of hydrogen-bond acceptors (Lipinski definition) is 6. The predicted molar refractivity (Wildman–Crippen MR) is 96.2 cm³/mol. The Hall–Kier alpha value is -1.33. The van der Waals surface area contributed by atoms with Crippen molar-refractivity contribution in [2.24, 2.45) is 5.41 Å². The van der Waals surface area contributed by atoms with Crippen molar-refractivity contribution < 1.29 is 28.6 Å². The van der Waals surface area contributed by atoms with Crippen molar-refractivity contribution >= 4 is 41.9 Å². The van der Waals surface area contributed by atoms with Gasteiger partial charge in [-0.2, -0.15) is 0 Å². The molecule has 0 radical (unpaired) electrons. The van der Waals surface area contributed by atoms with Gasteiger partial charge >= 0.3 is 17.9 Å². The highest BCUT2D eigenvalue weighted by atomic mass is 79.9. The molecule has 0 amide bonds. The van der Waals surface area contributed by atoms with Crippen LogP contribution in [0.1, 0.15) is 19.8 Å². The standard InChI is InChI=1S/C16H25BrO6Si/c1-7-23-13(18)12(17)16(14(19)21-2,15(20)22-3)10-8-9-11-24(4,5)6/h12H,7-8,10H2,1-6H3. The van der Waals surface area contributed by atoms with Crippen LogP contribution < -0.4 is 0 Å². The molecule has 0 aliphatic heterocycles. The van der Waals surface area contributed by atoms with Crippen molar-refractivity contribution in [3.8, 4) is 11.5 Å². The summed E-state index contributed by atoms with van der Waals surface area (Å²) in [5, 5.41) is 0. The minimum absolute atomic E-state index is 0.0153. The zero-order valence-corrected chi connectivity index (χ0v) is 17.6. The maximum Gasteiger partial charge on any atom is 0.325 e. The molecule has 0 saturated carbocycles. The van der Waals surface area contributed by atoms with E-state index in [0.717, 1.165) is 14.2 Å². The largest absolute Gasteiger partial charge is 0.468 e. The van der Waals surface area contributed by atoms with E-state index in [4.69, 9.17) is 14.2 Å². The third kappa shape index (κ3) is 5.95. The number of halogens is 1. The Balaban J connectivity index is 5.75. The zero-order valence-electron chi connectivity index (χ0n) is 15.0. The molecule has 136 valence electrons. The summed E-state index contributed by atoms with van der Waals surface area (Å²) in [6.07, 6.45) is 0.231. The van der Waals surface area contributed by atoms with Gasteiger partial charge < -0.3 is 14.2 Å². The number of hydrogen-bond donors (Lipinski definition) is 0. The molecule has 1 unspecified atom stereocenters. The summed E-state index contributed by atoms with van der Waals surface area (Å²) in [6, 6.07) is 0. The first-order valence-electron chi connectivity index (χ1n) is 7.54. The second-order valence-electron chi connectivity index (χ2n) is 6.12. The van der Waals surface area contributed by atoms with Crippen LogP contribution in [-0.4, -0.2) is 51.6 Å². The molecule has 0 heterocycles. The normalized spacial score (nSPS) is 12.5. The van der Waals surface area contributed by atoms with Crippen molar-refractivity contribution in [3.63, 3.8) is 0 Å². The number of alkyl halides is 1. The van der Waals surface area contributed by atoms with Crippen LogP contribution in [0.25, 0.3) is 0 Å². The van der Waals surface area contributed by atoms with Gasteiger partial charge in [-0.25, -0.2) is 0 Å². The van der Waals surface area contributed by atoms with Gasteiger partial charge in [-0.15, -0.1) is 11.5 Å². The Morgan fingerprint density at radius 3 is 2.00 bits per heavy atom. The molecule has 0 bridgehead atoms. The number of carbonyl (C=O) groups excluding carboxylic acids is 3. The summed E-state index contributed by atoms with van der Waals surface area (Å²) < 4.78 is 14.5. The van der Waals surface area contributed by atoms with Crippen LogP contribution in [0.3, 0.4) is 0 Å². The van der Waals surface area contributed by atoms with Gasteiger partial charge in [-0.3, -0.25) is 14.4 Å².